The van der Waals surface area contributed by atoms with Crippen LogP contribution in [0.2, 0.25) is 0 Å². The number of hydrogen-bond acceptors (Lipinski definition) is 1. The predicted molar refractivity (Wildman–Crippen MR) is 59.3 cm³/mol. The third kappa shape index (κ3) is 3.76. The lowest BCUT2D eigenvalue weighted by Gasteiger charge is -1.99. The Kier molecular flexibility index (Phi) is 4.83. The summed E-state index contributed by atoms with van der Waals surface area (Å²) in [6.45, 7) is 0.661. The summed E-state index contributed by atoms with van der Waals surface area (Å²) in [5, 5.41) is 0. The molecule has 2 heteroatoms. The fraction of sp³-hybridized carbons (Fsp3) is 0.200. The molecule has 0 aromatic heterocycles. The monoisotopic (exact) mass is 274 g/mol. The van der Waals surface area contributed by atoms with Crippen LogP contribution in [0.25, 0.3) is 0 Å². The van der Waals surface area contributed by atoms with E-state index in [1.165, 1.54) is 5.56 Å². The van der Waals surface area contributed by atoms with Crippen molar-refractivity contribution in [2.24, 2.45) is 0 Å². The summed E-state index contributed by atoms with van der Waals surface area (Å²) in [6.07, 6.45) is 3.74. The summed E-state index contributed by atoms with van der Waals surface area (Å²) in [7, 11) is 0. The third-order valence-electron chi connectivity index (χ3n) is 1.37. The number of ether oxygens (including phenoxy) is 1. The minimum absolute atomic E-state index is 0.661. The second-order valence-electron chi connectivity index (χ2n) is 2.32. The molecule has 0 atom stereocenters. The van der Waals surface area contributed by atoms with Crippen LogP contribution < -0.4 is 0 Å². The molecule has 0 bridgehead atoms. The zero-order valence-electron chi connectivity index (χ0n) is 6.74. The molecule has 0 saturated carbocycles. The van der Waals surface area contributed by atoms with Gasteiger partial charge in [0.05, 0.1) is 6.26 Å². The molecule has 12 heavy (non-hydrogen) atoms. The SMILES string of the molecule is ICC=COCc1ccccc1. The van der Waals surface area contributed by atoms with E-state index in [1.54, 1.807) is 6.26 Å². The van der Waals surface area contributed by atoms with Crippen LogP contribution in [0.15, 0.2) is 42.7 Å². The Morgan fingerprint density at radius 1 is 1.25 bits per heavy atom. The van der Waals surface area contributed by atoms with Crippen molar-refractivity contribution in [3.05, 3.63) is 48.2 Å². The van der Waals surface area contributed by atoms with Crippen molar-refractivity contribution in [2.45, 2.75) is 6.61 Å². The first-order chi connectivity index (χ1) is 5.93. The maximum absolute atomic E-state index is 5.27. The topological polar surface area (TPSA) is 9.23 Å². The minimum atomic E-state index is 0.661. The van der Waals surface area contributed by atoms with Gasteiger partial charge < -0.3 is 4.74 Å². The number of benzene rings is 1. The molecular weight excluding hydrogens is 263 g/mol. The van der Waals surface area contributed by atoms with Crippen LogP contribution in [-0.2, 0) is 11.3 Å². The lowest BCUT2D eigenvalue weighted by molar-refractivity contribution is 0.236. The Labute approximate surface area is 86.6 Å². The number of allylic oxidation sites excluding steroid dienone is 1. The molecule has 1 aromatic rings. The molecule has 1 rings (SSSR count). The zero-order valence-corrected chi connectivity index (χ0v) is 8.90. The van der Waals surface area contributed by atoms with E-state index in [-0.39, 0.29) is 0 Å². The Morgan fingerprint density at radius 3 is 2.67 bits per heavy atom. The maximum Gasteiger partial charge on any atom is 0.112 e. The van der Waals surface area contributed by atoms with Gasteiger partial charge in [0.1, 0.15) is 6.61 Å². The van der Waals surface area contributed by atoms with E-state index in [0.717, 1.165) is 4.43 Å². The fourth-order valence-electron chi connectivity index (χ4n) is 0.823. The average molecular weight is 274 g/mol. The normalized spacial score (nSPS) is 10.4. The number of alkyl halides is 1. The van der Waals surface area contributed by atoms with Gasteiger partial charge in [-0.2, -0.15) is 0 Å². The molecule has 1 aromatic carbocycles. The van der Waals surface area contributed by atoms with Gasteiger partial charge in [-0.05, 0) is 11.6 Å². The average Bonchev–Trinajstić information content (AvgIpc) is 2.14. The molecule has 1 nitrogen and oxygen atoms in total. The van der Waals surface area contributed by atoms with Crippen LogP contribution in [0.4, 0.5) is 0 Å². The molecule has 0 fully saturated rings. The van der Waals surface area contributed by atoms with Crippen molar-refractivity contribution in [3.63, 3.8) is 0 Å². The molecule has 0 aliphatic carbocycles. The van der Waals surface area contributed by atoms with Crippen molar-refractivity contribution < 1.29 is 4.74 Å². The van der Waals surface area contributed by atoms with Gasteiger partial charge >= 0.3 is 0 Å². The van der Waals surface area contributed by atoms with Crippen molar-refractivity contribution in [1.82, 2.24) is 0 Å². The molecule has 0 radical (unpaired) electrons. The highest BCUT2D eigenvalue weighted by Crippen LogP contribution is 2.00. The molecule has 0 unspecified atom stereocenters. The van der Waals surface area contributed by atoms with Gasteiger partial charge in [-0.3, -0.25) is 0 Å². The molecule has 0 amide bonds. The number of rotatable bonds is 4. The van der Waals surface area contributed by atoms with Crippen molar-refractivity contribution >= 4 is 22.6 Å². The Balaban J connectivity index is 2.29. The lowest BCUT2D eigenvalue weighted by atomic mass is 10.2. The highest BCUT2D eigenvalue weighted by Gasteiger charge is 1.86. The smallest absolute Gasteiger partial charge is 0.112 e. The second-order valence-corrected chi connectivity index (χ2v) is 3.20. The van der Waals surface area contributed by atoms with Gasteiger partial charge in [-0.15, -0.1) is 0 Å². The Hall–Kier alpha value is -0.510. The summed E-state index contributed by atoms with van der Waals surface area (Å²) in [5.41, 5.74) is 1.20. The summed E-state index contributed by atoms with van der Waals surface area (Å²) in [5.74, 6) is 0. The first-order valence-electron chi connectivity index (χ1n) is 3.80. The van der Waals surface area contributed by atoms with Gasteiger partial charge in [0.25, 0.3) is 0 Å². The van der Waals surface area contributed by atoms with E-state index in [0.29, 0.717) is 6.61 Å². The van der Waals surface area contributed by atoms with E-state index < -0.39 is 0 Å². The standard InChI is InChI=1S/C10H11IO/c11-7-4-8-12-9-10-5-2-1-3-6-10/h1-6,8H,7,9H2. The number of halogens is 1. The Bertz CT molecular complexity index is 231. The first-order valence-corrected chi connectivity index (χ1v) is 5.32. The first kappa shape index (κ1) is 9.58. The van der Waals surface area contributed by atoms with Gasteiger partial charge in [-0.1, -0.05) is 52.9 Å². The molecule has 0 spiro atoms. The molecule has 0 heterocycles. The van der Waals surface area contributed by atoms with E-state index >= 15 is 0 Å². The molecule has 0 saturated heterocycles. The van der Waals surface area contributed by atoms with Gasteiger partial charge in [-0.25, -0.2) is 0 Å². The molecule has 0 N–H and O–H groups in total. The molecular formula is C10H11IO. The Morgan fingerprint density at radius 2 is 2.00 bits per heavy atom. The van der Waals surface area contributed by atoms with Crippen molar-refractivity contribution in [2.75, 3.05) is 4.43 Å². The van der Waals surface area contributed by atoms with Crippen molar-refractivity contribution in [1.29, 1.82) is 0 Å². The predicted octanol–water partition coefficient (Wildman–Crippen LogP) is 3.15. The van der Waals surface area contributed by atoms with Gasteiger partial charge in [0.2, 0.25) is 0 Å². The molecule has 0 aliphatic heterocycles. The van der Waals surface area contributed by atoms with E-state index in [1.807, 2.05) is 24.3 Å². The van der Waals surface area contributed by atoms with Crippen LogP contribution in [0.3, 0.4) is 0 Å². The van der Waals surface area contributed by atoms with Crippen molar-refractivity contribution in [3.8, 4) is 0 Å². The van der Waals surface area contributed by atoms with Crippen LogP contribution in [0.5, 0.6) is 0 Å². The minimum Gasteiger partial charge on any atom is -0.497 e. The molecule has 0 aliphatic rings. The van der Waals surface area contributed by atoms with Gasteiger partial charge in [0.15, 0.2) is 0 Å². The van der Waals surface area contributed by atoms with Crippen LogP contribution >= 0.6 is 22.6 Å². The number of hydrogen-bond donors (Lipinski definition) is 0. The fourth-order valence-corrected chi connectivity index (χ4v) is 1.03. The van der Waals surface area contributed by atoms with Crippen LogP contribution in [-0.4, -0.2) is 4.43 Å². The molecule has 64 valence electrons. The highest BCUT2D eigenvalue weighted by atomic mass is 127. The summed E-state index contributed by atoms with van der Waals surface area (Å²) < 4.78 is 6.27. The zero-order chi connectivity index (χ0) is 8.65. The summed E-state index contributed by atoms with van der Waals surface area (Å²) in [4.78, 5) is 0. The van der Waals surface area contributed by atoms with Crippen LogP contribution in [0.1, 0.15) is 5.56 Å². The summed E-state index contributed by atoms with van der Waals surface area (Å²) in [6, 6.07) is 10.1. The van der Waals surface area contributed by atoms with Crippen LogP contribution in [0, 0.1) is 0 Å². The quantitative estimate of drug-likeness (QED) is 0.465. The maximum atomic E-state index is 5.27. The van der Waals surface area contributed by atoms with E-state index in [4.69, 9.17) is 4.74 Å². The highest BCUT2D eigenvalue weighted by molar-refractivity contribution is 14.1. The van der Waals surface area contributed by atoms with E-state index in [2.05, 4.69) is 34.7 Å². The largest absolute Gasteiger partial charge is 0.497 e. The second kappa shape index (κ2) is 6.06. The summed E-state index contributed by atoms with van der Waals surface area (Å²) >= 11 is 2.28. The van der Waals surface area contributed by atoms with E-state index in [9.17, 15) is 0 Å². The van der Waals surface area contributed by atoms with Gasteiger partial charge in [0, 0.05) is 4.43 Å². The third-order valence-corrected chi connectivity index (χ3v) is 1.88. The lowest BCUT2D eigenvalue weighted by Crippen LogP contribution is -1.84.